The summed E-state index contributed by atoms with van der Waals surface area (Å²) in [6.07, 6.45) is 2.10. The third-order valence-corrected chi connectivity index (χ3v) is 1.98. The fourth-order valence-corrected chi connectivity index (χ4v) is 1.32. The van der Waals surface area contributed by atoms with Crippen molar-refractivity contribution < 1.29 is 4.79 Å². The summed E-state index contributed by atoms with van der Waals surface area (Å²) < 4.78 is 0. The van der Waals surface area contributed by atoms with Crippen LogP contribution in [0.2, 0.25) is 0 Å². The number of nitrogens with zero attached hydrogens (tertiary/aromatic N) is 1. The molecular formula is C7H13NO. The average Bonchev–Trinajstić information content (AvgIpc) is 2.13. The molecule has 0 aliphatic carbocycles. The van der Waals surface area contributed by atoms with Gasteiger partial charge in [-0.1, -0.05) is 6.92 Å². The Kier molecular flexibility index (Phi) is 1.58. The van der Waals surface area contributed by atoms with E-state index < -0.39 is 0 Å². The van der Waals surface area contributed by atoms with Gasteiger partial charge in [0.05, 0.1) is 0 Å². The van der Waals surface area contributed by atoms with E-state index in [9.17, 15) is 4.79 Å². The third kappa shape index (κ3) is 1.30. The minimum absolute atomic E-state index is 0.0469. The molecule has 1 unspecified atom stereocenters. The monoisotopic (exact) mass is 127 g/mol. The minimum atomic E-state index is -0.0469. The van der Waals surface area contributed by atoms with Crippen LogP contribution in [0.4, 0.5) is 0 Å². The molecule has 1 aliphatic rings. The number of carbonyl (C=O) groups excluding carboxylic acids is 1. The zero-order valence-corrected chi connectivity index (χ0v) is 6.05. The van der Waals surface area contributed by atoms with Crippen LogP contribution in [0.3, 0.4) is 0 Å². The number of carbonyl (C=O) groups is 1. The number of likely N-dealkylation sites (tertiary alicyclic amines) is 1. The maximum atomic E-state index is 10.4. The van der Waals surface area contributed by atoms with Gasteiger partial charge in [0.2, 0.25) is 0 Å². The first kappa shape index (κ1) is 6.75. The van der Waals surface area contributed by atoms with E-state index in [0.29, 0.717) is 0 Å². The summed E-state index contributed by atoms with van der Waals surface area (Å²) >= 11 is 0. The van der Waals surface area contributed by atoms with Gasteiger partial charge in [-0.05, 0) is 20.0 Å². The molecule has 0 aromatic rings. The smallest absolute Gasteiger partial charge is 0.127 e. The minimum Gasteiger partial charge on any atom is -0.305 e. The van der Waals surface area contributed by atoms with Gasteiger partial charge in [0.15, 0.2) is 0 Å². The number of hydrogen-bond donors (Lipinski definition) is 0. The summed E-state index contributed by atoms with van der Waals surface area (Å²) in [7, 11) is 2.05. The highest BCUT2D eigenvalue weighted by Crippen LogP contribution is 2.25. The van der Waals surface area contributed by atoms with E-state index in [1.54, 1.807) is 0 Å². The first-order chi connectivity index (χ1) is 4.16. The van der Waals surface area contributed by atoms with Crippen molar-refractivity contribution in [1.29, 1.82) is 0 Å². The van der Waals surface area contributed by atoms with Crippen LogP contribution >= 0.6 is 0 Å². The van der Waals surface area contributed by atoms with Crippen LogP contribution in [0.15, 0.2) is 0 Å². The van der Waals surface area contributed by atoms with Crippen molar-refractivity contribution in [1.82, 2.24) is 4.90 Å². The second kappa shape index (κ2) is 2.10. The summed E-state index contributed by atoms with van der Waals surface area (Å²) in [4.78, 5) is 12.6. The molecule has 1 atom stereocenters. The van der Waals surface area contributed by atoms with Crippen molar-refractivity contribution in [3.05, 3.63) is 0 Å². The molecule has 0 aromatic heterocycles. The van der Waals surface area contributed by atoms with Crippen LogP contribution in [0.1, 0.15) is 13.3 Å². The van der Waals surface area contributed by atoms with Crippen LogP contribution in [-0.2, 0) is 4.79 Å². The van der Waals surface area contributed by atoms with Crippen LogP contribution in [0.5, 0.6) is 0 Å². The molecule has 1 heterocycles. The molecule has 0 spiro atoms. The molecule has 0 aromatic carbocycles. The molecule has 0 amide bonds. The lowest BCUT2D eigenvalue weighted by atomic mass is 9.92. The predicted octanol–water partition coefficient (Wildman–Crippen LogP) is 0.527. The summed E-state index contributed by atoms with van der Waals surface area (Å²) in [5.41, 5.74) is -0.0469. The van der Waals surface area contributed by atoms with E-state index in [2.05, 4.69) is 11.9 Å². The fraction of sp³-hybridized carbons (Fsp3) is 0.857. The second-order valence-electron chi connectivity index (χ2n) is 3.26. The lowest BCUT2D eigenvalue weighted by Crippen LogP contribution is -2.22. The quantitative estimate of drug-likeness (QED) is 0.479. The Morgan fingerprint density at radius 2 is 2.33 bits per heavy atom. The molecule has 1 rings (SSSR count). The van der Waals surface area contributed by atoms with Crippen molar-refractivity contribution in [2.45, 2.75) is 13.3 Å². The molecule has 1 saturated heterocycles. The van der Waals surface area contributed by atoms with E-state index >= 15 is 0 Å². The molecule has 9 heavy (non-hydrogen) atoms. The van der Waals surface area contributed by atoms with Gasteiger partial charge in [-0.15, -0.1) is 0 Å². The van der Waals surface area contributed by atoms with Crippen LogP contribution in [-0.4, -0.2) is 31.3 Å². The highest BCUT2D eigenvalue weighted by molar-refractivity contribution is 5.59. The van der Waals surface area contributed by atoms with Crippen LogP contribution < -0.4 is 0 Å². The van der Waals surface area contributed by atoms with Crippen molar-refractivity contribution in [2.24, 2.45) is 5.41 Å². The Bertz CT molecular complexity index is 124. The Balaban J connectivity index is 2.54. The average molecular weight is 127 g/mol. The molecule has 2 heteroatoms. The molecule has 0 radical (unpaired) electrons. The van der Waals surface area contributed by atoms with Gasteiger partial charge in [0, 0.05) is 12.0 Å². The van der Waals surface area contributed by atoms with E-state index in [1.165, 1.54) is 0 Å². The third-order valence-electron chi connectivity index (χ3n) is 1.98. The van der Waals surface area contributed by atoms with E-state index in [4.69, 9.17) is 0 Å². The highest BCUT2D eigenvalue weighted by Gasteiger charge is 2.30. The van der Waals surface area contributed by atoms with Crippen molar-refractivity contribution >= 4 is 6.29 Å². The zero-order chi connectivity index (χ0) is 6.91. The van der Waals surface area contributed by atoms with E-state index in [1.807, 2.05) is 6.92 Å². The lowest BCUT2D eigenvalue weighted by molar-refractivity contribution is -0.114. The molecular weight excluding hydrogens is 114 g/mol. The van der Waals surface area contributed by atoms with Gasteiger partial charge < -0.3 is 9.69 Å². The second-order valence-corrected chi connectivity index (χ2v) is 3.26. The maximum Gasteiger partial charge on any atom is 0.127 e. The maximum absolute atomic E-state index is 10.4. The van der Waals surface area contributed by atoms with E-state index in [-0.39, 0.29) is 5.41 Å². The summed E-state index contributed by atoms with van der Waals surface area (Å²) in [6.45, 7) is 4.01. The molecule has 1 aliphatic heterocycles. The largest absolute Gasteiger partial charge is 0.305 e. The van der Waals surface area contributed by atoms with Crippen LogP contribution in [0.25, 0.3) is 0 Å². The zero-order valence-electron chi connectivity index (χ0n) is 6.05. The fourth-order valence-electron chi connectivity index (χ4n) is 1.32. The highest BCUT2D eigenvalue weighted by atomic mass is 16.1. The van der Waals surface area contributed by atoms with Gasteiger partial charge in [-0.2, -0.15) is 0 Å². The van der Waals surface area contributed by atoms with Crippen LogP contribution in [0, 0.1) is 5.41 Å². The molecule has 52 valence electrons. The molecule has 0 N–H and O–H groups in total. The number of aldehydes is 1. The van der Waals surface area contributed by atoms with Crippen molar-refractivity contribution in [3.63, 3.8) is 0 Å². The molecule has 2 nitrogen and oxygen atoms in total. The number of hydrogen-bond acceptors (Lipinski definition) is 2. The molecule has 1 fully saturated rings. The van der Waals surface area contributed by atoms with Crippen molar-refractivity contribution in [2.75, 3.05) is 20.1 Å². The Labute approximate surface area is 55.8 Å². The molecule has 0 bridgehead atoms. The van der Waals surface area contributed by atoms with E-state index in [0.717, 1.165) is 25.8 Å². The lowest BCUT2D eigenvalue weighted by Gasteiger charge is -2.13. The summed E-state index contributed by atoms with van der Waals surface area (Å²) in [6, 6.07) is 0. The van der Waals surface area contributed by atoms with Gasteiger partial charge in [-0.3, -0.25) is 0 Å². The Morgan fingerprint density at radius 1 is 1.67 bits per heavy atom. The topological polar surface area (TPSA) is 20.3 Å². The Morgan fingerprint density at radius 3 is 2.56 bits per heavy atom. The predicted molar refractivity (Wildman–Crippen MR) is 36.3 cm³/mol. The summed E-state index contributed by atoms with van der Waals surface area (Å²) in [5.74, 6) is 0. The van der Waals surface area contributed by atoms with Gasteiger partial charge in [0.1, 0.15) is 6.29 Å². The Hall–Kier alpha value is -0.370. The van der Waals surface area contributed by atoms with Gasteiger partial charge in [-0.25, -0.2) is 0 Å². The first-order valence-electron chi connectivity index (χ1n) is 3.31. The summed E-state index contributed by atoms with van der Waals surface area (Å²) in [5, 5.41) is 0. The standard InChI is InChI=1S/C7H13NO/c1-7(6-9)3-4-8(2)5-7/h6H,3-5H2,1-2H3. The normalized spacial score (nSPS) is 37.1. The van der Waals surface area contributed by atoms with Crippen molar-refractivity contribution in [3.8, 4) is 0 Å². The first-order valence-corrected chi connectivity index (χ1v) is 3.31. The SMILES string of the molecule is CN1CCC(C)(C=O)C1. The molecule has 0 saturated carbocycles. The number of rotatable bonds is 1. The van der Waals surface area contributed by atoms with Gasteiger partial charge in [0.25, 0.3) is 0 Å². The van der Waals surface area contributed by atoms with Gasteiger partial charge >= 0.3 is 0 Å².